The molecule has 0 saturated carbocycles. The van der Waals surface area contributed by atoms with Gasteiger partial charge in [0.15, 0.2) is 0 Å². The Balaban J connectivity index is 2.25. The van der Waals surface area contributed by atoms with Crippen molar-refractivity contribution in [1.29, 1.82) is 0 Å². The molecule has 0 amide bonds. The van der Waals surface area contributed by atoms with E-state index in [0.717, 1.165) is 9.88 Å². The monoisotopic (exact) mass is 222 g/mol. The van der Waals surface area contributed by atoms with Crippen molar-refractivity contribution in [3.05, 3.63) is 9.88 Å². The van der Waals surface area contributed by atoms with Gasteiger partial charge in [-0.3, -0.25) is 0 Å². The molecule has 0 radical (unpaired) electrons. The fraction of sp³-hybridized carbons (Fsp3) is 0.625. The van der Waals surface area contributed by atoms with Crippen LogP contribution in [0, 0.1) is 6.92 Å². The summed E-state index contributed by atoms with van der Waals surface area (Å²) in [6, 6.07) is 0. The van der Waals surface area contributed by atoms with Gasteiger partial charge in [-0.15, -0.1) is 11.3 Å². The van der Waals surface area contributed by atoms with Gasteiger partial charge in [0.25, 0.3) is 6.43 Å². The Morgan fingerprint density at radius 2 is 2.29 bits per heavy atom. The van der Waals surface area contributed by atoms with Gasteiger partial charge >= 0.3 is 0 Å². The number of thiazole rings is 1. The van der Waals surface area contributed by atoms with Gasteiger partial charge in [-0.1, -0.05) is 0 Å². The van der Waals surface area contributed by atoms with E-state index < -0.39 is 13.0 Å². The van der Waals surface area contributed by atoms with Crippen molar-refractivity contribution < 1.29 is 13.5 Å². The average molecular weight is 222 g/mol. The van der Waals surface area contributed by atoms with Gasteiger partial charge in [0.1, 0.15) is 12.4 Å². The third kappa shape index (κ3) is 3.55. The van der Waals surface area contributed by atoms with Crippen molar-refractivity contribution in [2.75, 3.05) is 18.9 Å². The van der Waals surface area contributed by atoms with Crippen molar-refractivity contribution in [1.82, 2.24) is 4.98 Å². The van der Waals surface area contributed by atoms with Crippen LogP contribution in [0.5, 0.6) is 0 Å². The van der Waals surface area contributed by atoms with Crippen LogP contribution in [0.3, 0.4) is 0 Å². The molecule has 14 heavy (non-hydrogen) atoms. The molecule has 0 bridgehead atoms. The van der Waals surface area contributed by atoms with E-state index in [1.165, 1.54) is 11.3 Å². The Labute approximate surface area is 84.9 Å². The van der Waals surface area contributed by atoms with Gasteiger partial charge in [0.05, 0.1) is 11.6 Å². The van der Waals surface area contributed by atoms with Gasteiger partial charge in [0, 0.05) is 11.3 Å². The number of aryl methyl sites for hydroxylation is 1. The highest BCUT2D eigenvalue weighted by molar-refractivity contribution is 7.12. The Bertz CT molecular complexity index is 271. The second-order valence-electron chi connectivity index (χ2n) is 2.77. The van der Waals surface area contributed by atoms with E-state index in [1.54, 1.807) is 0 Å². The minimum atomic E-state index is -2.40. The minimum Gasteiger partial charge on any atom is -0.383 e. The number of nitrogens with zero attached hydrogens (tertiary/aromatic N) is 1. The van der Waals surface area contributed by atoms with E-state index in [9.17, 15) is 8.78 Å². The molecule has 0 aliphatic heterocycles. The van der Waals surface area contributed by atoms with Crippen molar-refractivity contribution in [3.8, 4) is 0 Å². The number of alkyl halides is 2. The molecule has 1 rings (SSSR count). The molecule has 0 aliphatic rings. The van der Waals surface area contributed by atoms with Crippen molar-refractivity contribution >= 4 is 17.2 Å². The van der Waals surface area contributed by atoms with Gasteiger partial charge in [-0.05, 0) is 6.92 Å². The molecule has 6 heteroatoms. The molecule has 0 fully saturated rings. The highest BCUT2D eigenvalue weighted by Crippen LogP contribution is 2.19. The number of ether oxygens (including phenoxy) is 1. The SMILES string of the molecule is Cc1sc(CCOCC(F)F)nc1N. The number of rotatable bonds is 5. The van der Waals surface area contributed by atoms with Gasteiger partial charge < -0.3 is 10.5 Å². The van der Waals surface area contributed by atoms with Crippen LogP contribution in [0.2, 0.25) is 0 Å². The fourth-order valence-corrected chi connectivity index (χ4v) is 1.74. The Hall–Kier alpha value is -0.750. The minimum absolute atomic E-state index is 0.261. The molecule has 2 N–H and O–H groups in total. The quantitative estimate of drug-likeness (QED) is 0.773. The first kappa shape index (κ1) is 11.3. The largest absolute Gasteiger partial charge is 0.383 e. The number of anilines is 1. The predicted octanol–water partition coefficient (Wildman–Crippen LogP) is 1.86. The van der Waals surface area contributed by atoms with E-state index in [1.807, 2.05) is 6.92 Å². The second-order valence-corrected chi connectivity index (χ2v) is 4.05. The molecule has 0 aliphatic carbocycles. The highest BCUT2D eigenvalue weighted by Gasteiger charge is 2.05. The number of nitrogens with two attached hydrogens (primary N) is 1. The smallest absolute Gasteiger partial charge is 0.261 e. The van der Waals surface area contributed by atoms with Gasteiger partial charge in [-0.25, -0.2) is 13.8 Å². The van der Waals surface area contributed by atoms with E-state index in [4.69, 9.17) is 10.5 Å². The first-order chi connectivity index (χ1) is 6.59. The number of halogens is 2. The molecule has 0 saturated heterocycles. The summed E-state index contributed by atoms with van der Waals surface area (Å²) in [5, 5.41) is 0.828. The molecule has 3 nitrogen and oxygen atoms in total. The summed E-state index contributed by atoms with van der Waals surface area (Å²) in [6.45, 7) is 1.62. The number of nitrogen functional groups attached to an aromatic ring is 1. The summed E-state index contributed by atoms with van der Waals surface area (Å²) < 4.78 is 28.1. The fourth-order valence-electron chi connectivity index (χ4n) is 0.904. The summed E-state index contributed by atoms with van der Waals surface area (Å²) in [4.78, 5) is 5.01. The molecule has 1 aromatic heterocycles. The summed E-state index contributed by atoms with van der Waals surface area (Å²) in [7, 11) is 0. The molecular weight excluding hydrogens is 210 g/mol. The summed E-state index contributed by atoms with van der Waals surface area (Å²) in [5.74, 6) is 0.513. The molecule has 0 aromatic carbocycles. The first-order valence-electron chi connectivity index (χ1n) is 4.17. The van der Waals surface area contributed by atoms with Crippen LogP contribution in [-0.2, 0) is 11.2 Å². The Morgan fingerprint density at radius 1 is 1.57 bits per heavy atom. The first-order valence-corrected chi connectivity index (χ1v) is 4.99. The lowest BCUT2D eigenvalue weighted by Crippen LogP contribution is -2.06. The van der Waals surface area contributed by atoms with Crippen LogP contribution < -0.4 is 5.73 Å². The van der Waals surface area contributed by atoms with Gasteiger partial charge in [-0.2, -0.15) is 0 Å². The normalized spacial score (nSPS) is 11.1. The molecular formula is C8H12F2N2OS. The average Bonchev–Trinajstić information content (AvgIpc) is 2.40. The van der Waals surface area contributed by atoms with Crippen LogP contribution in [0.25, 0.3) is 0 Å². The van der Waals surface area contributed by atoms with Gasteiger partial charge in [0.2, 0.25) is 0 Å². The molecule has 0 atom stereocenters. The predicted molar refractivity (Wildman–Crippen MR) is 51.8 cm³/mol. The summed E-state index contributed by atoms with van der Waals surface area (Å²) in [5.41, 5.74) is 5.53. The highest BCUT2D eigenvalue weighted by atomic mass is 32.1. The number of aromatic nitrogens is 1. The number of hydrogen-bond donors (Lipinski definition) is 1. The van der Waals surface area contributed by atoms with Crippen molar-refractivity contribution in [3.63, 3.8) is 0 Å². The molecule has 0 spiro atoms. The molecule has 1 heterocycles. The van der Waals surface area contributed by atoms with Crippen molar-refractivity contribution in [2.45, 2.75) is 19.8 Å². The molecule has 1 aromatic rings. The van der Waals surface area contributed by atoms with Crippen LogP contribution >= 0.6 is 11.3 Å². The lowest BCUT2D eigenvalue weighted by atomic mass is 10.5. The second kappa shape index (κ2) is 5.21. The molecule has 80 valence electrons. The van der Waals surface area contributed by atoms with Crippen LogP contribution in [0.4, 0.5) is 14.6 Å². The third-order valence-corrected chi connectivity index (χ3v) is 2.63. The van der Waals surface area contributed by atoms with Crippen LogP contribution in [-0.4, -0.2) is 24.6 Å². The zero-order valence-electron chi connectivity index (χ0n) is 7.80. The van der Waals surface area contributed by atoms with Crippen molar-refractivity contribution in [2.24, 2.45) is 0 Å². The summed E-state index contributed by atoms with van der Waals surface area (Å²) >= 11 is 1.47. The molecule has 0 unspecified atom stereocenters. The standard InChI is InChI=1S/C8H12F2N2OS/c1-5-8(11)12-7(14-5)2-3-13-4-6(9)10/h6H,2-4,11H2,1H3. The zero-order valence-corrected chi connectivity index (χ0v) is 8.61. The number of hydrogen-bond acceptors (Lipinski definition) is 4. The van der Waals surface area contributed by atoms with Crippen LogP contribution in [0.1, 0.15) is 9.88 Å². The maximum atomic E-state index is 11.7. The van der Waals surface area contributed by atoms with E-state index >= 15 is 0 Å². The Morgan fingerprint density at radius 3 is 2.79 bits per heavy atom. The topological polar surface area (TPSA) is 48.1 Å². The summed E-state index contributed by atoms with van der Waals surface area (Å²) in [6.07, 6.45) is -1.87. The lowest BCUT2D eigenvalue weighted by molar-refractivity contribution is 0.0187. The zero-order chi connectivity index (χ0) is 10.6. The maximum absolute atomic E-state index is 11.7. The maximum Gasteiger partial charge on any atom is 0.261 e. The lowest BCUT2D eigenvalue weighted by Gasteiger charge is -2.00. The van der Waals surface area contributed by atoms with Crippen LogP contribution in [0.15, 0.2) is 0 Å². The van der Waals surface area contributed by atoms with E-state index in [-0.39, 0.29) is 6.61 Å². The Kier molecular flexibility index (Phi) is 4.21. The third-order valence-electron chi connectivity index (χ3n) is 1.58. The van der Waals surface area contributed by atoms with E-state index in [2.05, 4.69) is 4.98 Å². The van der Waals surface area contributed by atoms with E-state index in [0.29, 0.717) is 12.2 Å².